The molecule has 4 aliphatic carbocycles. The fourth-order valence-corrected chi connectivity index (χ4v) is 8.24. The van der Waals surface area contributed by atoms with E-state index >= 15 is 0 Å². The van der Waals surface area contributed by atoms with Crippen LogP contribution in [-0.2, 0) is 0 Å². The molecule has 4 aliphatic rings. The first-order chi connectivity index (χ1) is 13.4. The first-order valence-electron chi connectivity index (χ1n) is 11.7. The van der Waals surface area contributed by atoms with Crippen LogP contribution in [0.4, 0.5) is 0 Å². The van der Waals surface area contributed by atoms with E-state index in [0.29, 0.717) is 10.8 Å². The van der Waals surface area contributed by atoms with Crippen LogP contribution in [0.1, 0.15) is 70.8 Å². The predicted molar refractivity (Wildman–Crippen MR) is 117 cm³/mol. The van der Waals surface area contributed by atoms with Crippen LogP contribution < -0.4 is 0 Å². The van der Waals surface area contributed by atoms with Gasteiger partial charge in [-0.15, -0.1) is 0 Å². The molecule has 0 amide bonds. The van der Waals surface area contributed by atoms with Gasteiger partial charge in [-0.2, -0.15) is 0 Å². The van der Waals surface area contributed by atoms with Crippen LogP contribution in [0.3, 0.4) is 0 Å². The Bertz CT molecular complexity index is 753. The molecule has 0 unspecified atom stereocenters. The van der Waals surface area contributed by atoms with Crippen LogP contribution in [0.5, 0.6) is 0 Å². The van der Waals surface area contributed by atoms with E-state index in [4.69, 9.17) is 0 Å². The van der Waals surface area contributed by atoms with Crippen LogP contribution >= 0.6 is 0 Å². The lowest BCUT2D eigenvalue weighted by Crippen LogP contribution is -2.54. The molecule has 2 heteroatoms. The summed E-state index contributed by atoms with van der Waals surface area (Å²) in [6.45, 7) is 5.27. The van der Waals surface area contributed by atoms with Crippen LogP contribution in [0.2, 0.25) is 0 Å². The minimum absolute atomic E-state index is 0.369. The molecule has 28 heavy (non-hydrogen) atoms. The van der Waals surface area contributed by atoms with E-state index in [9.17, 15) is 0 Å². The van der Waals surface area contributed by atoms with Gasteiger partial charge < -0.3 is 4.90 Å². The molecule has 3 fully saturated rings. The van der Waals surface area contributed by atoms with Crippen molar-refractivity contribution >= 4 is 5.57 Å². The Balaban J connectivity index is 1.40. The third-order valence-electron chi connectivity index (χ3n) is 9.92. The highest BCUT2D eigenvalue weighted by molar-refractivity contribution is 5.72. The molecule has 152 valence electrons. The summed E-state index contributed by atoms with van der Waals surface area (Å²) in [6.07, 6.45) is 17.9. The van der Waals surface area contributed by atoms with Gasteiger partial charge in [0.1, 0.15) is 0 Å². The summed E-state index contributed by atoms with van der Waals surface area (Å²) in [6, 6.07) is 5.20. The second kappa shape index (κ2) is 6.69. The number of hydrogen-bond acceptors (Lipinski definition) is 2. The summed E-state index contributed by atoms with van der Waals surface area (Å²) in [5, 5.41) is 0. The maximum absolute atomic E-state index is 4.42. The summed E-state index contributed by atoms with van der Waals surface area (Å²) in [5.41, 5.74) is 3.94. The Labute approximate surface area is 171 Å². The maximum atomic E-state index is 4.42. The van der Waals surface area contributed by atoms with Gasteiger partial charge in [0.05, 0.1) is 0 Å². The zero-order chi connectivity index (χ0) is 19.5. The van der Waals surface area contributed by atoms with Gasteiger partial charge in [-0.3, -0.25) is 4.98 Å². The molecular formula is C26H38N2. The zero-order valence-corrected chi connectivity index (χ0v) is 18.3. The Morgan fingerprint density at radius 1 is 1.04 bits per heavy atom. The van der Waals surface area contributed by atoms with Crippen molar-refractivity contribution in [3.63, 3.8) is 0 Å². The topological polar surface area (TPSA) is 16.1 Å². The van der Waals surface area contributed by atoms with Crippen molar-refractivity contribution in [1.82, 2.24) is 9.88 Å². The number of rotatable bonds is 2. The summed E-state index contributed by atoms with van der Waals surface area (Å²) >= 11 is 0. The average molecular weight is 379 g/mol. The van der Waals surface area contributed by atoms with Gasteiger partial charge in [-0.25, -0.2) is 0 Å². The molecule has 0 bridgehead atoms. The van der Waals surface area contributed by atoms with Crippen LogP contribution in [-0.4, -0.2) is 30.0 Å². The highest BCUT2D eigenvalue weighted by Gasteiger charge is 2.58. The number of nitrogens with zero attached hydrogens (tertiary/aromatic N) is 2. The first kappa shape index (κ1) is 18.9. The monoisotopic (exact) mass is 378 g/mol. The number of fused-ring (bicyclic) bond motifs is 5. The fourth-order valence-electron chi connectivity index (χ4n) is 8.24. The number of hydrogen-bond donors (Lipinski definition) is 0. The summed E-state index contributed by atoms with van der Waals surface area (Å²) in [4.78, 5) is 6.91. The van der Waals surface area contributed by atoms with Crippen molar-refractivity contribution in [1.29, 1.82) is 0 Å². The van der Waals surface area contributed by atoms with E-state index in [0.717, 1.165) is 29.7 Å². The molecule has 0 N–H and O–H groups in total. The van der Waals surface area contributed by atoms with Gasteiger partial charge >= 0.3 is 0 Å². The molecule has 0 aliphatic heterocycles. The quantitative estimate of drug-likeness (QED) is 0.623. The normalized spacial score (nSPS) is 45.2. The Hall–Kier alpha value is -1.15. The largest absolute Gasteiger partial charge is 0.306 e. The van der Waals surface area contributed by atoms with Crippen molar-refractivity contribution in [3.8, 4) is 0 Å². The Morgan fingerprint density at radius 3 is 2.64 bits per heavy atom. The first-order valence-corrected chi connectivity index (χ1v) is 11.7. The Kier molecular flexibility index (Phi) is 4.50. The maximum Gasteiger partial charge on any atom is 0.0343 e. The van der Waals surface area contributed by atoms with Gasteiger partial charge in [-0.05, 0) is 117 Å². The molecule has 2 nitrogen and oxygen atoms in total. The lowest BCUT2D eigenvalue weighted by Gasteiger charge is -2.61. The molecule has 1 heterocycles. The molecule has 3 saturated carbocycles. The summed E-state index contributed by atoms with van der Waals surface area (Å²) < 4.78 is 0. The number of pyridine rings is 1. The van der Waals surface area contributed by atoms with Crippen LogP contribution in [0.25, 0.3) is 5.57 Å². The minimum atomic E-state index is 0.369. The van der Waals surface area contributed by atoms with Crippen LogP contribution in [0.15, 0.2) is 30.6 Å². The van der Waals surface area contributed by atoms with Crippen LogP contribution in [0, 0.1) is 34.5 Å². The molecule has 1 aromatic heterocycles. The van der Waals surface area contributed by atoms with Crippen molar-refractivity contribution in [2.45, 2.75) is 71.3 Å². The van der Waals surface area contributed by atoms with E-state index in [2.05, 4.69) is 62.2 Å². The third kappa shape index (κ3) is 2.66. The second-order valence-corrected chi connectivity index (χ2v) is 11.1. The summed E-state index contributed by atoms with van der Waals surface area (Å²) in [7, 11) is 4.57. The smallest absolute Gasteiger partial charge is 0.0343 e. The lowest BCUT2D eigenvalue weighted by molar-refractivity contribution is -0.106. The van der Waals surface area contributed by atoms with E-state index in [1.165, 1.54) is 56.9 Å². The third-order valence-corrected chi connectivity index (χ3v) is 9.92. The molecule has 0 saturated heterocycles. The minimum Gasteiger partial charge on any atom is -0.306 e. The van der Waals surface area contributed by atoms with Gasteiger partial charge in [0.2, 0.25) is 0 Å². The van der Waals surface area contributed by atoms with E-state index in [-0.39, 0.29) is 0 Å². The molecule has 1 aromatic rings. The SMILES string of the molecule is CN(C)[C@@H]1CC[C@@]2(C)[C@@H](CC[C@@H]3[C@@H]2CC[C@]2(C)C(c4cccnc4)=CC[C@@H]32)C1. The number of allylic oxidation sites excluding steroid dienone is 2. The zero-order valence-electron chi connectivity index (χ0n) is 18.3. The highest BCUT2D eigenvalue weighted by Crippen LogP contribution is 2.67. The van der Waals surface area contributed by atoms with Crippen molar-refractivity contribution in [2.24, 2.45) is 34.5 Å². The predicted octanol–water partition coefficient (Wildman–Crippen LogP) is 6.05. The fraction of sp³-hybridized carbons (Fsp3) is 0.731. The van der Waals surface area contributed by atoms with Gasteiger partial charge in [0.15, 0.2) is 0 Å². The standard InChI is InChI=1S/C26H38N2/c1-25-13-11-20(28(3)4)16-19(25)7-8-21-23-10-9-22(18-6-5-15-27-17-18)26(23,2)14-12-24(21)25/h5-6,9,15,17,19-21,23-24H,7-8,10-14,16H2,1-4H3/t19-,20+,21-,23-,24-,25-,26+/m0/s1. The van der Waals surface area contributed by atoms with E-state index in [1.807, 2.05) is 6.20 Å². The average Bonchev–Trinajstić information content (AvgIpc) is 3.05. The van der Waals surface area contributed by atoms with E-state index < -0.39 is 0 Å². The molecular weight excluding hydrogens is 340 g/mol. The van der Waals surface area contributed by atoms with Crippen molar-refractivity contribution in [3.05, 3.63) is 36.2 Å². The van der Waals surface area contributed by atoms with Gasteiger partial charge in [-0.1, -0.05) is 26.0 Å². The molecule has 0 radical (unpaired) electrons. The molecule has 5 rings (SSSR count). The highest BCUT2D eigenvalue weighted by atomic mass is 15.1. The van der Waals surface area contributed by atoms with E-state index in [1.54, 1.807) is 5.57 Å². The summed E-state index contributed by atoms with van der Waals surface area (Å²) in [5.74, 6) is 3.69. The molecule has 7 atom stereocenters. The Morgan fingerprint density at radius 2 is 1.89 bits per heavy atom. The molecule has 0 aromatic carbocycles. The van der Waals surface area contributed by atoms with Gasteiger partial charge in [0, 0.05) is 18.4 Å². The molecule has 0 spiro atoms. The number of aromatic nitrogens is 1. The lowest BCUT2D eigenvalue weighted by atomic mass is 9.44. The van der Waals surface area contributed by atoms with Crippen molar-refractivity contribution < 1.29 is 0 Å². The van der Waals surface area contributed by atoms with Gasteiger partial charge in [0.25, 0.3) is 0 Å². The van der Waals surface area contributed by atoms with Crippen molar-refractivity contribution in [2.75, 3.05) is 14.1 Å². The second-order valence-electron chi connectivity index (χ2n) is 11.1.